The first-order valence-electron chi connectivity index (χ1n) is 5.09. The molecule has 0 saturated carbocycles. The van der Waals surface area contributed by atoms with Crippen molar-refractivity contribution in [2.24, 2.45) is 10.4 Å². The van der Waals surface area contributed by atoms with Crippen LogP contribution in [0, 0.1) is 5.41 Å². The fourth-order valence-corrected chi connectivity index (χ4v) is 3.53. The molecule has 2 heteroatoms. The minimum atomic E-state index is 0.182. The van der Waals surface area contributed by atoms with Crippen molar-refractivity contribution in [2.75, 3.05) is 0 Å². The molecule has 1 aliphatic heterocycles. The van der Waals surface area contributed by atoms with Crippen molar-refractivity contribution in [3.05, 3.63) is 36.0 Å². The molecule has 0 atom stereocenters. The third-order valence-corrected chi connectivity index (χ3v) is 5.37. The van der Waals surface area contributed by atoms with Gasteiger partial charge < -0.3 is 0 Å². The molecule has 1 aliphatic rings. The number of nitrogens with zero attached hydrogens (tertiary/aromatic N) is 1. The maximum atomic E-state index is 4.57. The van der Waals surface area contributed by atoms with Crippen molar-refractivity contribution in [1.82, 2.24) is 0 Å². The van der Waals surface area contributed by atoms with Gasteiger partial charge in [0.15, 0.2) is 0 Å². The van der Waals surface area contributed by atoms with Crippen LogP contribution in [0.4, 0.5) is 0 Å². The van der Waals surface area contributed by atoms with E-state index in [-0.39, 0.29) is 5.41 Å². The van der Waals surface area contributed by atoms with Crippen LogP contribution in [0.3, 0.4) is 0 Å². The number of fused-ring (bicyclic) bond motifs is 1. The maximum absolute atomic E-state index is 4.57. The molecule has 1 aromatic rings. The summed E-state index contributed by atoms with van der Waals surface area (Å²) in [6.45, 7) is 6.69. The van der Waals surface area contributed by atoms with E-state index in [0.717, 1.165) is 0 Å². The van der Waals surface area contributed by atoms with E-state index in [1.807, 2.05) is 6.20 Å². The van der Waals surface area contributed by atoms with Crippen molar-refractivity contribution < 1.29 is 0 Å². The molecule has 0 bridgehead atoms. The van der Waals surface area contributed by atoms with Crippen molar-refractivity contribution in [1.29, 1.82) is 0 Å². The Labute approximate surface area is 97.5 Å². The van der Waals surface area contributed by atoms with Gasteiger partial charge in [0, 0.05) is 0 Å². The van der Waals surface area contributed by atoms with E-state index >= 15 is 0 Å². The molecule has 0 saturated heterocycles. The number of hydrogen-bond donors (Lipinski definition) is 0. The fourth-order valence-electron chi connectivity index (χ4n) is 1.37. The summed E-state index contributed by atoms with van der Waals surface area (Å²) in [5.74, 6) is 0. The van der Waals surface area contributed by atoms with Gasteiger partial charge in [0.2, 0.25) is 0 Å². The van der Waals surface area contributed by atoms with Gasteiger partial charge >= 0.3 is 97.3 Å². The predicted octanol–water partition coefficient (Wildman–Crippen LogP) is 2.45. The van der Waals surface area contributed by atoms with Gasteiger partial charge in [0.25, 0.3) is 0 Å². The van der Waals surface area contributed by atoms with Crippen LogP contribution >= 0.6 is 0 Å². The first-order valence-corrected chi connectivity index (χ1v) is 6.80. The van der Waals surface area contributed by atoms with E-state index in [2.05, 4.69) is 56.1 Å². The molecule has 1 heterocycles. The zero-order valence-corrected chi connectivity index (χ0v) is 11.0. The zero-order chi connectivity index (χ0) is 10.9. The first kappa shape index (κ1) is 10.7. The molecule has 0 fully saturated rings. The number of rotatable bonds is 0. The van der Waals surface area contributed by atoms with Gasteiger partial charge in [-0.2, -0.15) is 0 Å². The minimum absolute atomic E-state index is 0.182. The predicted molar refractivity (Wildman–Crippen MR) is 67.8 cm³/mol. The van der Waals surface area contributed by atoms with Crippen molar-refractivity contribution in [3.8, 4) is 0 Å². The van der Waals surface area contributed by atoms with Gasteiger partial charge in [-0.1, -0.05) is 0 Å². The van der Waals surface area contributed by atoms with Crippen LogP contribution in [0.1, 0.15) is 26.3 Å². The Balaban J connectivity index is 2.40. The van der Waals surface area contributed by atoms with E-state index < -0.39 is 0 Å². The molecule has 0 unspecified atom stereocenters. The van der Waals surface area contributed by atoms with Crippen LogP contribution in [0.5, 0.6) is 0 Å². The second-order valence-electron chi connectivity index (χ2n) is 4.64. The molecule has 0 amide bonds. The summed E-state index contributed by atoms with van der Waals surface area (Å²) in [4.78, 5) is 4.57. The zero-order valence-electron chi connectivity index (χ0n) is 9.32. The van der Waals surface area contributed by atoms with E-state index in [4.69, 9.17) is 0 Å². The third-order valence-electron chi connectivity index (χ3n) is 2.21. The monoisotopic (exact) mass is 265 g/mol. The van der Waals surface area contributed by atoms with Gasteiger partial charge in [0.05, 0.1) is 0 Å². The number of aliphatic imine (C=N–C) groups is 1. The van der Waals surface area contributed by atoms with Gasteiger partial charge in [0.1, 0.15) is 0 Å². The molecule has 2 rings (SSSR count). The molecule has 0 N–H and O–H groups in total. The van der Waals surface area contributed by atoms with Crippen LogP contribution in [-0.4, -0.2) is 19.6 Å². The molecule has 1 aromatic carbocycles. The van der Waals surface area contributed by atoms with Crippen LogP contribution in [0.2, 0.25) is 0 Å². The van der Waals surface area contributed by atoms with Crippen LogP contribution in [0.25, 0.3) is 6.08 Å². The fraction of sp³-hybridized carbons (Fsp3) is 0.308. The van der Waals surface area contributed by atoms with Crippen molar-refractivity contribution >= 4 is 30.1 Å². The summed E-state index contributed by atoms with van der Waals surface area (Å²) in [6.07, 6.45) is 4.05. The van der Waals surface area contributed by atoms with E-state index in [0.29, 0.717) is 15.0 Å². The Morgan fingerprint density at radius 1 is 1.13 bits per heavy atom. The summed E-state index contributed by atoms with van der Waals surface area (Å²) in [5, 5.41) is 0. The second kappa shape index (κ2) is 3.96. The second-order valence-corrected chi connectivity index (χ2v) is 6.80. The summed E-state index contributed by atoms with van der Waals surface area (Å²) < 4.78 is 2.75. The molecular formula is C13H15NSe. The topological polar surface area (TPSA) is 12.4 Å². The Morgan fingerprint density at radius 3 is 2.60 bits per heavy atom. The Kier molecular flexibility index (Phi) is 2.81. The standard InChI is InChI=1S/C13H15NSe/c1-13(2,3)12-14-9-8-10-6-4-5-7-11(10)15-12/h4-9H,1-3H3. The van der Waals surface area contributed by atoms with Crippen LogP contribution in [0.15, 0.2) is 35.5 Å². The number of hydrogen-bond acceptors (Lipinski definition) is 1. The molecule has 78 valence electrons. The van der Waals surface area contributed by atoms with Gasteiger partial charge in [-0.15, -0.1) is 0 Å². The Morgan fingerprint density at radius 2 is 1.87 bits per heavy atom. The summed E-state index contributed by atoms with van der Waals surface area (Å²) in [5.41, 5.74) is 1.50. The summed E-state index contributed by atoms with van der Waals surface area (Å²) >= 11 is 0.359. The third kappa shape index (κ3) is 2.39. The van der Waals surface area contributed by atoms with E-state index in [1.54, 1.807) is 0 Å². The molecule has 0 aliphatic carbocycles. The molecule has 0 aromatic heterocycles. The molecule has 15 heavy (non-hydrogen) atoms. The molecular weight excluding hydrogens is 249 g/mol. The van der Waals surface area contributed by atoms with Crippen molar-refractivity contribution in [3.63, 3.8) is 0 Å². The van der Waals surface area contributed by atoms with Crippen molar-refractivity contribution in [2.45, 2.75) is 20.8 Å². The number of benzene rings is 1. The molecule has 0 radical (unpaired) electrons. The average molecular weight is 264 g/mol. The summed E-state index contributed by atoms with van der Waals surface area (Å²) in [6, 6.07) is 8.57. The molecule has 1 nitrogen and oxygen atoms in total. The first-order chi connectivity index (χ1) is 7.07. The Hall–Kier alpha value is -0.851. The van der Waals surface area contributed by atoms with Crippen LogP contribution < -0.4 is 4.46 Å². The molecule has 0 spiro atoms. The van der Waals surface area contributed by atoms with Gasteiger partial charge in [-0.05, 0) is 0 Å². The van der Waals surface area contributed by atoms with Gasteiger partial charge in [-0.25, -0.2) is 0 Å². The Bertz CT molecular complexity index is 424. The quantitative estimate of drug-likeness (QED) is 0.638. The van der Waals surface area contributed by atoms with E-state index in [9.17, 15) is 0 Å². The average Bonchev–Trinajstić information content (AvgIpc) is 2.38. The van der Waals surface area contributed by atoms with E-state index in [1.165, 1.54) is 14.6 Å². The summed E-state index contributed by atoms with van der Waals surface area (Å²) in [7, 11) is 0. The SMILES string of the molecule is CC(C)(C)C1=NC=Cc2ccccc2[Se]1. The normalized spacial score (nSPS) is 15.5. The van der Waals surface area contributed by atoms with Gasteiger partial charge in [-0.3, -0.25) is 0 Å². The van der Waals surface area contributed by atoms with Crippen LogP contribution in [-0.2, 0) is 0 Å².